The van der Waals surface area contributed by atoms with Crippen LogP contribution in [0.3, 0.4) is 0 Å². The molecule has 1 amide bonds. The fourth-order valence-corrected chi connectivity index (χ4v) is 4.06. The van der Waals surface area contributed by atoms with Gasteiger partial charge in [0, 0.05) is 23.5 Å². The zero-order valence-corrected chi connectivity index (χ0v) is 12.9. The van der Waals surface area contributed by atoms with Gasteiger partial charge in [-0.25, -0.2) is 0 Å². The monoisotopic (exact) mass is 305 g/mol. The predicted molar refractivity (Wildman–Crippen MR) is 83.6 cm³/mol. The molecule has 0 N–H and O–H groups in total. The standard InChI is InChI=1S/C16H16ClNOS/c1-18(10-11-4-2-6-13(17)8-11)16(19)15-9-12-5-3-7-14(12)20-15/h2,4,6,8-9H,3,5,7,10H2,1H3. The maximum atomic E-state index is 12.4. The zero-order valence-electron chi connectivity index (χ0n) is 11.4. The first-order valence-corrected chi connectivity index (χ1v) is 7.94. The van der Waals surface area contributed by atoms with Crippen molar-refractivity contribution in [2.75, 3.05) is 7.05 Å². The molecule has 0 atom stereocenters. The van der Waals surface area contributed by atoms with Gasteiger partial charge in [-0.2, -0.15) is 0 Å². The second-order valence-electron chi connectivity index (χ2n) is 5.20. The molecule has 0 fully saturated rings. The number of benzene rings is 1. The van der Waals surface area contributed by atoms with Crippen LogP contribution in [-0.2, 0) is 19.4 Å². The summed E-state index contributed by atoms with van der Waals surface area (Å²) in [5.41, 5.74) is 2.42. The SMILES string of the molecule is CN(Cc1cccc(Cl)c1)C(=O)c1cc2c(s1)CCC2. The van der Waals surface area contributed by atoms with E-state index in [0.29, 0.717) is 11.6 Å². The van der Waals surface area contributed by atoms with E-state index >= 15 is 0 Å². The molecule has 1 aromatic heterocycles. The van der Waals surface area contributed by atoms with Crippen molar-refractivity contribution in [1.82, 2.24) is 4.90 Å². The predicted octanol–water partition coefficient (Wildman–Crippen LogP) is 4.16. The van der Waals surface area contributed by atoms with Crippen LogP contribution < -0.4 is 0 Å². The molecule has 1 aliphatic carbocycles. The third-order valence-corrected chi connectivity index (χ3v) is 5.07. The number of nitrogens with zero attached hydrogens (tertiary/aromatic N) is 1. The average Bonchev–Trinajstić information content (AvgIpc) is 2.98. The Hall–Kier alpha value is -1.32. The number of halogens is 1. The van der Waals surface area contributed by atoms with Crippen molar-refractivity contribution >= 4 is 28.8 Å². The van der Waals surface area contributed by atoms with Crippen molar-refractivity contribution in [3.05, 3.63) is 56.2 Å². The number of fused-ring (bicyclic) bond motifs is 1. The lowest BCUT2D eigenvalue weighted by molar-refractivity contribution is 0.0790. The molecule has 4 heteroatoms. The molecule has 0 radical (unpaired) electrons. The van der Waals surface area contributed by atoms with Crippen molar-refractivity contribution in [2.24, 2.45) is 0 Å². The van der Waals surface area contributed by atoms with Crippen LogP contribution in [0, 0.1) is 0 Å². The maximum absolute atomic E-state index is 12.4. The van der Waals surface area contributed by atoms with E-state index in [1.807, 2.05) is 31.3 Å². The van der Waals surface area contributed by atoms with Gasteiger partial charge in [0.05, 0.1) is 4.88 Å². The van der Waals surface area contributed by atoms with Crippen molar-refractivity contribution < 1.29 is 4.79 Å². The molecule has 1 aliphatic rings. The highest BCUT2D eigenvalue weighted by Crippen LogP contribution is 2.31. The fourth-order valence-electron chi connectivity index (χ4n) is 2.60. The number of thiophene rings is 1. The Morgan fingerprint density at radius 2 is 2.20 bits per heavy atom. The van der Waals surface area contributed by atoms with Gasteiger partial charge < -0.3 is 4.90 Å². The zero-order chi connectivity index (χ0) is 14.1. The Kier molecular flexibility index (Phi) is 3.81. The molecule has 0 saturated heterocycles. The average molecular weight is 306 g/mol. The first-order valence-electron chi connectivity index (χ1n) is 6.75. The van der Waals surface area contributed by atoms with Crippen LogP contribution in [0.2, 0.25) is 5.02 Å². The number of hydrogen-bond donors (Lipinski definition) is 0. The van der Waals surface area contributed by atoms with Gasteiger partial charge in [-0.05, 0) is 48.6 Å². The summed E-state index contributed by atoms with van der Waals surface area (Å²) in [7, 11) is 1.84. The molecule has 0 unspecified atom stereocenters. The Bertz CT molecular complexity index is 628. The summed E-state index contributed by atoms with van der Waals surface area (Å²) in [6, 6.07) is 9.72. The number of amides is 1. The summed E-state index contributed by atoms with van der Waals surface area (Å²) < 4.78 is 0. The minimum atomic E-state index is 0.101. The highest BCUT2D eigenvalue weighted by molar-refractivity contribution is 7.14. The van der Waals surface area contributed by atoms with Gasteiger partial charge >= 0.3 is 0 Å². The third kappa shape index (κ3) is 2.74. The topological polar surface area (TPSA) is 20.3 Å². The van der Waals surface area contributed by atoms with Gasteiger partial charge in [0.2, 0.25) is 0 Å². The summed E-state index contributed by atoms with van der Waals surface area (Å²) in [5.74, 6) is 0.101. The second kappa shape index (κ2) is 5.58. The molecule has 2 nitrogen and oxygen atoms in total. The minimum absolute atomic E-state index is 0.101. The number of rotatable bonds is 3. The molecule has 0 aliphatic heterocycles. The molecule has 0 bridgehead atoms. The van der Waals surface area contributed by atoms with Gasteiger partial charge in [-0.15, -0.1) is 11.3 Å². The van der Waals surface area contributed by atoms with E-state index in [2.05, 4.69) is 6.07 Å². The van der Waals surface area contributed by atoms with E-state index in [1.165, 1.54) is 16.9 Å². The largest absolute Gasteiger partial charge is 0.337 e. The first-order chi connectivity index (χ1) is 9.63. The second-order valence-corrected chi connectivity index (χ2v) is 6.78. The van der Waals surface area contributed by atoms with Gasteiger partial charge in [0.1, 0.15) is 0 Å². The van der Waals surface area contributed by atoms with Crippen molar-refractivity contribution in [3.63, 3.8) is 0 Å². The third-order valence-electron chi connectivity index (χ3n) is 3.61. The molecule has 2 aromatic rings. The molecule has 3 rings (SSSR count). The van der Waals surface area contributed by atoms with Crippen LogP contribution in [-0.4, -0.2) is 17.9 Å². The van der Waals surface area contributed by atoms with Crippen molar-refractivity contribution in [1.29, 1.82) is 0 Å². The lowest BCUT2D eigenvalue weighted by atomic mass is 10.2. The summed E-state index contributed by atoms with van der Waals surface area (Å²) in [6.07, 6.45) is 3.48. The summed E-state index contributed by atoms with van der Waals surface area (Å²) >= 11 is 7.63. The van der Waals surface area contributed by atoms with Gasteiger partial charge in [0.25, 0.3) is 5.91 Å². The van der Waals surface area contributed by atoms with E-state index < -0.39 is 0 Å². The smallest absolute Gasteiger partial charge is 0.263 e. The molecule has 1 heterocycles. The fraction of sp³-hybridized carbons (Fsp3) is 0.312. The highest BCUT2D eigenvalue weighted by atomic mass is 35.5. The Morgan fingerprint density at radius 3 is 2.95 bits per heavy atom. The number of carbonyl (C=O) groups excluding carboxylic acids is 1. The van der Waals surface area contributed by atoms with Crippen LogP contribution in [0.1, 0.15) is 32.1 Å². The van der Waals surface area contributed by atoms with E-state index in [0.717, 1.165) is 23.3 Å². The van der Waals surface area contributed by atoms with Crippen molar-refractivity contribution in [2.45, 2.75) is 25.8 Å². The summed E-state index contributed by atoms with van der Waals surface area (Å²) in [5, 5.41) is 0.707. The lowest BCUT2D eigenvalue weighted by Crippen LogP contribution is -2.25. The normalized spacial score (nSPS) is 13.3. The van der Waals surface area contributed by atoms with Crippen LogP contribution in [0.25, 0.3) is 0 Å². The first kappa shape index (κ1) is 13.7. The van der Waals surface area contributed by atoms with E-state index in [-0.39, 0.29) is 5.91 Å². The number of carbonyl (C=O) groups is 1. The summed E-state index contributed by atoms with van der Waals surface area (Å²) in [6.45, 7) is 0.585. The molecule has 104 valence electrons. The highest BCUT2D eigenvalue weighted by Gasteiger charge is 2.20. The molecule has 20 heavy (non-hydrogen) atoms. The lowest BCUT2D eigenvalue weighted by Gasteiger charge is -2.16. The number of hydrogen-bond acceptors (Lipinski definition) is 2. The van der Waals surface area contributed by atoms with Crippen molar-refractivity contribution in [3.8, 4) is 0 Å². The van der Waals surface area contributed by atoms with Gasteiger partial charge in [-0.3, -0.25) is 4.79 Å². The Balaban J connectivity index is 1.73. The van der Waals surface area contributed by atoms with Gasteiger partial charge in [-0.1, -0.05) is 23.7 Å². The van der Waals surface area contributed by atoms with Crippen LogP contribution in [0.5, 0.6) is 0 Å². The molecule has 0 saturated carbocycles. The van der Waals surface area contributed by atoms with Crippen LogP contribution >= 0.6 is 22.9 Å². The van der Waals surface area contributed by atoms with E-state index in [9.17, 15) is 4.79 Å². The number of aryl methyl sites for hydroxylation is 2. The molecular formula is C16H16ClNOS. The van der Waals surface area contributed by atoms with Crippen LogP contribution in [0.15, 0.2) is 30.3 Å². The van der Waals surface area contributed by atoms with Gasteiger partial charge in [0.15, 0.2) is 0 Å². The minimum Gasteiger partial charge on any atom is -0.337 e. The van der Waals surface area contributed by atoms with E-state index in [1.54, 1.807) is 16.2 Å². The Morgan fingerprint density at radius 1 is 1.35 bits per heavy atom. The van der Waals surface area contributed by atoms with Crippen LogP contribution in [0.4, 0.5) is 0 Å². The molecule has 1 aromatic carbocycles. The quantitative estimate of drug-likeness (QED) is 0.833. The maximum Gasteiger partial charge on any atom is 0.263 e. The summed E-state index contributed by atoms with van der Waals surface area (Å²) in [4.78, 5) is 16.5. The molecule has 0 spiro atoms. The molecular weight excluding hydrogens is 290 g/mol. The Labute approximate surface area is 128 Å². The van der Waals surface area contributed by atoms with E-state index in [4.69, 9.17) is 11.6 Å².